The van der Waals surface area contributed by atoms with Gasteiger partial charge in [-0.25, -0.2) is 0 Å². The summed E-state index contributed by atoms with van der Waals surface area (Å²) >= 11 is 5.08. The molecule has 0 heterocycles. The standard InChI is InChI=1S/C10H5ClF3NO/c1-5-2-3-7(10(12,13)14)8(9(11)16)6(5)4-15/h2-3H,1H3. The lowest BCUT2D eigenvalue weighted by Crippen LogP contribution is -2.13. The van der Waals surface area contributed by atoms with Crippen LogP contribution in [0.25, 0.3) is 0 Å². The number of alkyl halides is 3. The summed E-state index contributed by atoms with van der Waals surface area (Å²) in [6.07, 6.45) is -4.71. The zero-order valence-corrected chi connectivity index (χ0v) is 8.78. The van der Waals surface area contributed by atoms with Crippen LogP contribution in [0.5, 0.6) is 0 Å². The minimum absolute atomic E-state index is 0.277. The zero-order valence-electron chi connectivity index (χ0n) is 8.02. The molecule has 16 heavy (non-hydrogen) atoms. The van der Waals surface area contributed by atoms with Crippen molar-refractivity contribution in [3.63, 3.8) is 0 Å². The van der Waals surface area contributed by atoms with Crippen LogP contribution in [0.15, 0.2) is 12.1 Å². The number of carbonyl (C=O) groups excluding carboxylic acids is 1. The van der Waals surface area contributed by atoms with Crippen molar-refractivity contribution >= 4 is 16.8 Å². The second-order valence-electron chi connectivity index (χ2n) is 3.06. The molecular weight excluding hydrogens is 243 g/mol. The molecule has 6 heteroatoms. The molecule has 84 valence electrons. The molecule has 0 aromatic heterocycles. The molecule has 1 rings (SSSR count). The number of benzene rings is 1. The van der Waals surface area contributed by atoms with Crippen molar-refractivity contribution in [3.8, 4) is 6.07 Å². The summed E-state index contributed by atoms with van der Waals surface area (Å²) in [6, 6.07) is 3.42. The van der Waals surface area contributed by atoms with Crippen molar-refractivity contribution in [1.82, 2.24) is 0 Å². The molecule has 0 amide bonds. The van der Waals surface area contributed by atoms with Crippen molar-refractivity contribution in [2.75, 3.05) is 0 Å². The Morgan fingerprint density at radius 3 is 2.38 bits per heavy atom. The first kappa shape index (κ1) is 12.5. The van der Waals surface area contributed by atoms with E-state index >= 15 is 0 Å². The average molecular weight is 248 g/mol. The van der Waals surface area contributed by atoms with E-state index in [1.165, 1.54) is 6.92 Å². The van der Waals surface area contributed by atoms with E-state index in [2.05, 4.69) is 0 Å². The molecule has 0 atom stereocenters. The van der Waals surface area contributed by atoms with Gasteiger partial charge < -0.3 is 0 Å². The van der Waals surface area contributed by atoms with Gasteiger partial charge in [-0.05, 0) is 30.2 Å². The topological polar surface area (TPSA) is 40.9 Å². The maximum Gasteiger partial charge on any atom is 0.417 e. The van der Waals surface area contributed by atoms with Crippen LogP contribution in [0.2, 0.25) is 0 Å². The predicted molar refractivity (Wildman–Crippen MR) is 51.1 cm³/mol. The lowest BCUT2D eigenvalue weighted by molar-refractivity contribution is -0.137. The Kier molecular flexibility index (Phi) is 3.24. The van der Waals surface area contributed by atoms with Crippen LogP contribution in [0.1, 0.15) is 27.0 Å². The molecule has 0 saturated carbocycles. The third-order valence-electron chi connectivity index (χ3n) is 2.03. The van der Waals surface area contributed by atoms with Crippen molar-refractivity contribution in [1.29, 1.82) is 5.26 Å². The molecule has 0 spiro atoms. The number of aryl methyl sites for hydroxylation is 1. The molecule has 0 radical (unpaired) electrons. The first-order valence-corrected chi connectivity index (χ1v) is 4.47. The normalized spacial score (nSPS) is 11.0. The summed E-state index contributed by atoms with van der Waals surface area (Å²) in [4.78, 5) is 11.0. The average Bonchev–Trinajstić information content (AvgIpc) is 2.14. The van der Waals surface area contributed by atoms with Crippen LogP contribution >= 0.6 is 11.6 Å². The van der Waals surface area contributed by atoms with Crippen LogP contribution in [0, 0.1) is 18.3 Å². The largest absolute Gasteiger partial charge is 0.417 e. The smallest absolute Gasteiger partial charge is 0.276 e. The molecule has 0 unspecified atom stereocenters. The highest BCUT2D eigenvalue weighted by Crippen LogP contribution is 2.35. The highest BCUT2D eigenvalue weighted by atomic mass is 35.5. The van der Waals surface area contributed by atoms with Crippen LogP contribution < -0.4 is 0 Å². The Balaban J connectivity index is 3.67. The zero-order chi connectivity index (χ0) is 12.5. The lowest BCUT2D eigenvalue weighted by atomic mass is 9.98. The third kappa shape index (κ3) is 2.17. The van der Waals surface area contributed by atoms with E-state index in [1.54, 1.807) is 6.07 Å². The Bertz CT molecular complexity index is 488. The Morgan fingerprint density at radius 2 is 2.00 bits per heavy atom. The highest BCUT2D eigenvalue weighted by molar-refractivity contribution is 6.68. The quantitative estimate of drug-likeness (QED) is 0.715. The molecule has 0 bridgehead atoms. The number of carbonyl (C=O) groups is 1. The van der Waals surface area contributed by atoms with Crippen LogP contribution in [-0.4, -0.2) is 5.24 Å². The van der Waals surface area contributed by atoms with Gasteiger partial charge in [-0.15, -0.1) is 0 Å². The molecule has 2 nitrogen and oxygen atoms in total. The summed E-state index contributed by atoms with van der Waals surface area (Å²) in [5, 5.41) is 7.43. The molecule has 0 aliphatic heterocycles. The van der Waals surface area contributed by atoms with Crippen molar-refractivity contribution in [2.45, 2.75) is 13.1 Å². The lowest BCUT2D eigenvalue weighted by Gasteiger charge is -2.12. The van der Waals surface area contributed by atoms with Gasteiger partial charge >= 0.3 is 6.18 Å². The number of nitrogens with zero attached hydrogens (tertiary/aromatic N) is 1. The van der Waals surface area contributed by atoms with Crippen molar-refractivity contribution < 1.29 is 18.0 Å². The van der Waals surface area contributed by atoms with E-state index < -0.39 is 22.5 Å². The van der Waals surface area contributed by atoms with Crippen LogP contribution in [0.3, 0.4) is 0 Å². The predicted octanol–water partition coefficient (Wildman–Crippen LogP) is 3.26. The molecule has 0 aliphatic rings. The maximum absolute atomic E-state index is 12.5. The van der Waals surface area contributed by atoms with Gasteiger partial charge in [-0.3, -0.25) is 4.79 Å². The number of hydrogen-bond donors (Lipinski definition) is 0. The van der Waals surface area contributed by atoms with Gasteiger partial charge in [0.15, 0.2) is 0 Å². The molecule has 0 aliphatic carbocycles. The first-order chi connectivity index (χ1) is 7.29. The minimum Gasteiger partial charge on any atom is -0.276 e. The van der Waals surface area contributed by atoms with E-state index in [-0.39, 0.29) is 11.1 Å². The van der Waals surface area contributed by atoms with Gasteiger partial charge in [-0.2, -0.15) is 18.4 Å². The minimum atomic E-state index is -4.71. The number of hydrogen-bond acceptors (Lipinski definition) is 2. The van der Waals surface area contributed by atoms with Gasteiger partial charge in [0, 0.05) is 0 Å². The molecule has 0 fully saturated rings. The number of nitriles is 1. The second kappa shape index (κ2) is 4.14. The Hall–Kier alpha value is -1.54. The maximum atomic E-state index is 12.5. The van der Waals surface area contributed by atoms with Gasteiger partial charge in [0.2, 0.25) is 0 Å². The fourth-order valence-corrected chi connectivity index (χ4v) is 1.49. The van der Waals surface area contributed by atoms with E-state index in [9.17, 15) is 18.0 Å². The second-order valence-corrected chi connectivity index (χ2v) is 3.41. The van der Waals surface area contributed by atoms with Gasteiger partial charge in [0.25, 0.3) is 5.24 Å². The highest BCUT2D eigenvalue weighted by Gasteiger charge is 2.36. The molecule has 0 N–H and O–H groups in total. The molecule has 0 saturated heterocycles. The number of rotatable bonds is 1. The Labute approximate surface area is 94.2 Å². The first-order valence-electron chi connectivity index (χ1n) is 4.09. The monoisotopic (exact) mass is 247 g/mol. The molecule has 1 aromatic carbocycles. The van der Waals surface area contributed by atoms with Gasteiger partial charge in [0.05, 0.1) is 16.7 Å². The summed E-state index contributed by atoms with van der Waals surface area (Å²) in [5.74, 6) is 0. The van der Waals surface area contributed by atoms with E-state index in [4.69, 9.17) is 16.9 Å². The SMILES string of the molecule is Cc1ccc(C(F)(F)F)c(C(=O)Cl)c1C#N. The third-order valence-corrected chi connectivity index (χ3v) is 2.22. The van der Waals surface area contributed by atoms with Crippen molar-refractivity contribution in [3.05, 3.63) is 34.4 Å². The van der Waals surface area contributed by atoms with E-state index in [1.807, 2.05) is 0 Å². The van der Waals surface area contributed by atoms with Crippen molar-refractivity contribution in [2.24, 2.45) is 0 Å². The summed E-state index contributed by atoms with van der Waals surface area (Å²) in [7, 11) is 0. The molecular formula is C10H5ClF3NO. The van der Waals surface area contributed by atoms with Crippen LogP contribution in [-0.2, 0) is 6.18 Å². The van der Waals surface area contributed by atoms with Crippen LogP contribution in [0.4, 0.5) is 13.2 Å². The molecule has 1 aromatic rings. The fraction of sp³-hybridized carbons (Fsp3) is 0.200. The Morgan fingerprint density at radius 1 is 1.44 bits per heavy atom. The summed E-state index contributed by atoms with van der Waals surface area (Å²) in [5.41, 5.74) is -2.03. The summed E-state index contributed by atoms with van der Waals surface area (Å²) < 4.78 is 37.6. The van der Waals surface area contributed by atoms with Gasteiger partial charge in [-0.1, -0.05) is 6.07 Å². The van der Waals surface area contributed by atoms with E-state index in [0.717, 1.165) is 12.1 Å². The fourth-order valence-electron chi connectivity index (χ4n) is 1.29. The van der Waals surface area contributed by atoms with E-state index in [0.29, 0.717) is 0 Å². The van der Waals surface area contributed by atoms with Gasteiger partial charge in [0.1, 0.15) is 6.07 Å². The number of halogens is 4. The summed E-state index contributed by atoms with van der Waals surface area (Å²) in [6.45, 7) is 1.43.